The molecule has 9 nitrogen and oxygen atoms in total. The molecule has 4 aliphatic rings. The maximum Gasteiger partial charge on any atom is 0.212 e. The van der Waals surface area contributed by atoms with Crippen molar-refractivity contribution in [2.75, 3.05) is 0 Å². The fourth-order valence-electron chi connectivity index (χ4n) is 8.13. The number of hydrogen-bond donors (Lipinski definition) is 0. The van der Waals surface area contributed by atoms with Crippen LogP contribution >= 0.6 is 45.3 Å². The smallest absolute Gasteiger partial charge is 0.212 e. The van der Waals surface area contributed by atoms with E-state index in [1.165, 1.54) is 22.7 Å². The minimum atomic E-state index is -0.565. The van der Waals surface area contributed by atoms with Crippen molar-refractivity contribution in [1.29, 1.82) is 21.0 Å². The van der Waals surface area contributed by atoms with Gasteiger partial charge in [-0.1, -0.05) is 55.0 Å². The zero-order valence-electron chi connectivity index (χ0n) is 28.4. The van der Waals surface area contributed by atoms with Crippen LogP contribution in [0.4, 0.5) is 10.0 Å². The standard InChI is InChI=1S/C42H20N6O3S4/c43-16-20(17-44)30-22-8-2-4-10-24(22)35(49)33(30)47-28-14-26-38(54-28)32-40(52-26)41-37(51-42(32)12-6-1-7-13-42)39-27(53-41)15-29(55-39)48-34-31(21(18-45)19-46)23-9-3-5-11-25(23)36(34)50/h2-5,8-11,14-15H,1,6-7,12-13H2. The predicted octanol–water partition coefficient (Wildman–Crippen LogP) is 11.0. The first-order chi connectivity index (χ1) is 26.9. The average molecular weight is 785 g/mol. The van der Waals surface area contributed by atoms with Crippen molar-refractivity contribution in [3.05, 3.63) is 99.6 Å². The quantitative estimate of drug-likeness (QED) is 0.158. The molecule has 4 aromatic heterocycles. The molecular formula is C42H20N6O3S4. The number of fused-ring (bicyclic) bond motifs is 10. The normalized spacial score (nSPS) is 17.7. The van der Waals surface area contributed by atoms with Crippen LogP contribution in [0.25, 0.3) is 39.7 Å². The van der Waals surface area contributed by atoms with Crippen molar-refractivity contribution < 1.29 is 14.3 Å². The molecule has 0 saturated heterocycles. The molecule has 6 aromatic rings. The van der Waals surface area contributed by atoms with Crippen LogP contribution in [-0.2, 0) is 5.60 Å². The molecule has 3 aliphatic carbocycles. The van der Waals surface area contributed by atoms with Gasteiger partial charge in [0.15, 0.2) is 5.75 Å². The summed E-state index contributed by atoms with van der Waals surface area (Å²) >= 11 is 6.22. The lowest BCUT2D eigenvalue weighted by Gasteiger charge is -2.40. The second-order valence-corrected chi connectivity index (χ2v) is 17.6. The highest BCUT2D eigenvalue weighted by Gasteiger charge is 2.47. The Labute approximate surface area is 328 Å². The minimum Gasteiger partial charge on any atom is -0.479 e. The Morgan fingerprint density at radius 1 is 0.618 bits per heavy atom. The summed E-state index contributed by atoms with van der Waals surface area (Å²) < 4.78 is 11.2. The lowest BCUT2D eigenvalue weighted by molar-refractivity contribution is 0.0282. The summed E-state index contributed by atoms with van der Waals surface area (Å²) in [5.74, 6) is 0.190. The first kappa shape index (κ1) is 33.3. The van der Waals surface area contributed by atoms with E-state index in [4.69, 9.17) is 14.7 Å². The molecule has 0 radical (unpaired) electrons. The van der Waals surface area contributed by atoms with Crippen molar-refractivity contribution in [3.8, 4) is 39.8 Å². The van der Waals surface area contributed by atoms with Crippen molar-refractivity contribution >= 4 is 108 Å². The first-order valence-electron chi connectivity index (χ1n) is 17.3. The largest absolute Gasteiger partial charge is 0.479 e. The Morgan fingerprint density at radius 3 is 1.62 bits per heavy atom. The number of Topliss-reactive ketones (excluding diaryl/α,β-unsaturated/α-hetero) is 2. The van der Waals surface area contributed by atoms with Gasteiger partial charge in [0.05, 0.1) is 23.9 Å². The SMILES string of the molecule is N#CC(C#N)=C1C(=Nc2cc3sc4c(c3s2)OC2(CCCCC2)c2c-4sc3cc(N=C4C(=O)c5ccccc5C4=C(C#N)C#N)sc23)C(=O)c2ccccc21. The topological polar surface area (TPSA) is 163 Å². The third kappa shape index (κ3) is 4.75. The van der Waals surface area contributed by atoms with E-state index in [9.17, 15) is 30.6 Å². The van der Waals surface area contributed by atoms with Crippen LogP contribution in [0.3, 0.4) is 0 Å². The molecule has 260 valence electrons. The van der Waals surface area contributed by atoms with Crippen LogP contribution in [-0.4, -0.2) is 23.0 Å². The number of thiophene rings is 4. The van der Waals surface area contributed by atoms with Crippen LogP contribution in [0.1, 0.15) is 69.5 Å². The van der Waals surface area contributed by atoms with E-state index in [-0.39, 0.29) is 45.3 Å². The fourth-order valence-corrected chi connectivity index (χ4v) is 13.3. The van der Waals surface area contributed by atoms with Gasteiger partial charge in [-0.25, -0.2) is 9.98 Å². The van der Waals surface area contributed by atoms with Crippen LogP contribution < -0.4 is 4.74 Å². The number of nitriles is 4. The summed E-state index contributed by atoms with van der Waals surface area (Å²) in [4.78, 5) is 38.9. The number of aliphatic imine (C=N–C) groups is 2. The van der Waals surface area contributed by atoms with Crippen LogP contribution in [0, 0.1) is 45.3 Å². The number of benzene rings is 2. The summed E-state index contributed by atoms with van der Waals surface area (Å²) in [7, 11) is 0. The Balaban J connectivity index is 1.10. The van der Waals surface area contributed by atoms with Crippen LogP contribution in [0.15, 0.2) is 81.8 Å². The highest BCUT2D eigenvalue weighted by molar-refractivity contribution is 7.36. The van der Waals surface area contributed by atoms with E-state index in [2.05, 4.69) is 0 Å². The molecule has 13 heteroatoms. The molecule has 0 N–H and O–H groups in total. The van der Waals surface area contributed by atoms with Crippen molar-refractivity contribution in [2.24, 2.45) is 9.98 Å². The van der Waals surface area contributed by atoms with Crippen molar-refractivity contribution in [2.45, 2.75) is 37.7 Å². The number of rotatable bonds is 2. The molecule has 2 aromatic carbocycles. The third-order valence-corrected chi connectivity index (χ3v) is 15.2. The fraction of sp³-hybridized carbons (Fsp3) is 0.143. The van der Waals surface area contributed by atoms with Gasteiger partial charge in [-0.2, -0.15) is 21.0 Å². The number of ether oxygens (including phenoxy) is 1. The number of ketones is 2. The van der Waals surface area contributed by atoms with Gasteiger partial charge < -0.3 is 4.74 Å². The van der Waals surface area contributed by atoms with E-state index in [0.29, 0.717) is 32.3 Å². The molecule has 5 heterocycles. The molecule has 0 bridgehead atoms. The lowest BCUT2D eigenvalue weighted by atomic mass is 9.78. The second-order valence-electron chi connectivity index (χ2n) is 13.4. The van der Waals surface area contributed by atoms with Gasteiger partial charge in [-0.3, -0.25) is 9.59 Å². The first-order valence-corrected chi connectivity index (χ1v) is 20.5. The number of hydrogen-bond acceptors (Lipinski definition) is 13. The van der Waals surface area contributed by atoms with Crippen LogP contribution in [0.2, 0.25) is 0 Å². The average Bonchev–Trinajstić information content (AvgIpc) is 4.04. The van der Waals surface area contributed by atoms with E-state index in [1.807, 2.05) is 36.4 Å². The zero-order valence-corrected chi connectivity index (χ0v) is 31.6. The molecule has 10 rings (SSSR count). The Hall–Kier alpha value is -6.32. The molecule has 1 aliphatic heterocycles. The highest BCUT2D eigenvalue weighted by atomic mass is 32.1. The summed E-state index contributed by atoms with van der Waals surface area (Å²) in [6.07, 6.45) is 4.80. The number of carbonyl (C=O) groups is 2. The maximum absolute atomic E-state index is 13.6. The lowest BCUT2D eigenvalue weighted by Crippen LogP contribution is -2.37. The second kappa shape index (κ2) is 12.4. The Kier molecular flexibility index (Phi) is 7.48. The Bertz CT molecular complexity index is 3060. The molecule has 1 spiro atoms. The Morgan fingerprint density at radius 2 is 1.09 bits per heavy atom. The summed E-state index contributed by atoms with van der Waals surface area (Å²) in [5.41, 5.74) is 2.95. The number of allylic oxidation sites excluding steroid dienone is 4. The highest BCUT2D eigenvalue weighted by Crippen LogP contribution is 2.63. The van der Waals surface area contributed by atoms with Gasteiger partial charge in [-0.15, -0.1) is 45.3 Å². The van der Waals surface area contributed by atoms with E-state index < -0.39 is 5.60 Å². The van der Waals surface area contributed by atoms with Gasteiger partial charge in [-0.05, 0) is 48.9 Å². The number of nitrogens with zero attached hydrogens (tertiary/aromatic N) is 6. The molecule has 1 saturated carbocycles. The molecular weight excluding hydrogens is 765 g/mol. The minimum absolute atomic E-state index is 0.0918. The third-order valence-electron chi connectivity index (χ3n) is 10.5. The summed E-state index contributed by atoms with van der Waals surface area (Å²) in [6.45, 7) is 0. The monoisotopic (exact) mass is 784 g/mol. The van der Waals surface area contributed by atoms with E-state index >= 15 is 0 Å². The van der Waals surface area contributed by atoms with Gasteiger partial charge >= 0.3 is 0 Å². The predicted molar refractivity (Wildman–Crippen MR) is 216 cm³/mol. The molecule has 0 amide bonds. The molecule has 0 unspecified atom stereocenters. The molecule has 1 fully saturated rings. The zero-order chi connectivity index (χ0) is 37.6. The molecule has 0 atom stereocenters. The van der Waals surface area contributed by atoms with Crippen molar-refractivity contribution in [3.63, 3.8) is 0 Å². The van der Waals surface area contributed by atoms with Crippen LogP contribution in [0.5, 0.6) is 5.75 Å². The van der Waals surface area contributed by atoms with E-state index in [0.717, 1.165) is 72.0 Å². The van der Waals surface area contributed by atoms with Gasteiger partial charge in [0.1, 0.15) is 62.4 Å². The summed E-state index contributed by atoms with van der Waals surface area (Å²) in [6, 6.07) is 25.7. The maximum atomic E-state index is 13.6. The summed E-state index contributed by atoms with van der Waals surface area (Å²) in [5, 5.41) is 40.3. The molecule has 55 heavy (non-hydrogen) atoms. The van der Waals surface area contributed by atoms with Crippen molar-refractivity contribution in [1.82, 2.24) is 0 Å². The van der Waals surface area contributed by atoms with Gasteiger partial charge in [0.2, 0.25) is 11.6 Å². The van der Waals surface area contributed by atoms with Gasteiger partial charge in [0, 0.05) is 32.5 Å². The van der Waals surface area contributed by atoms with E-state index in [1.54, 1.807) is 71.2 Å². The number of carbonyl (C=O) groups excluding carboxylic acids is 2. The van der Waals surface area contributed by atoms with Gasteiger partial charge in [0.25, 0.3) is 0 Å².